The number of hydrazone groups is 1. The van der Waals surface area contributed by atoms with Crippen LogP contribution >= 0.6 is 0 Å². The molecule has 1 rings (SSSR count). The standard InChI is InChI=1S/C12H14N2O4/c1-9(15)14-13-7-10-3-5-11(6-4-10)18-8-12(16)17-2/h3-7H,8H2,1-2H3,(H,14,15). The average Bonchev–Trinajstić information content (AvgIpc) is 2.37. The van der Waals surface area contributed by atoms with Crippen LogP contribution in [0.4, 0.5) is 0 Å². The molecule has 0 saturated carbocycles. The van der Waals surface area contributed by atoms with E-state index in [1.165, 1.54) is 20.2 Å². The number of methoxy groups -OCH3 is 1. The predicted octanol–water partition coefficient (Wildman–Crippen LogP) is 0.708. The van der Waals surface area contributed by atoms with Gasteiger partial charge in [0, 0.05) is 6.92 Å². The van der Waals surface area contributed by atoms with Crippen LogP contribution in [0.25, 0.3) is 0 Å². The van der Waals surface area contributed by atoms with Gasteiger partial charge in [-0.15, -0.1) is 0 Å². The second kappa shape index (κ2) is 7.05. The molecule has 0 aromatic heterocycles. The quantitative estimate of drug-likeness (QED) is 0.474. The lowest BCUT2D eigenvalue weighted by molar-refractivity contribution is -0.142. The van der Waals surface area contributed by atoms with Crippen molar-refractivity contribution in [2.45, 2.75) is 6.92 Å². The number of benzene rings is 1. The van der Waals surface area contributed by atoms with Crippen LogP contribution in [0.1, 0.15) is 12.5 Å². The van der Waals surface area contributed by atoms with Crippen LogP contribution in [0.2, 0.25) is 0 Å². The van der Waals surface area contributed by atoms with Gasteiger partial charge in [0.1, 0.15) is 5.75 Å². The van der Waals surface area contributed by atoms with Crippen LogP contribution in [-0.2, 0) is 14.3 Å². The van der Waals surface area contributed by atoms with E-state index < -0.39 is 5.97 Å². The molecule has 0 aliphatic heterocycles. The van der Waals surface area contributed by atoms with Crippen LogP contribution in [0.15, 0.2) is 29.4 Å². The van der Waals surface area contributed by atoms with Crippen molar-refractivity contribution in [1.29, 1.82) is 0 Å². The minimum Gasteiger partial charge on any atom is -0.482 e. The van der Waals surface area contributed by atoms with E-state index in [4.69, 9.17) is 4.74 Å². The van der Waals surface area contributed by atoms with Crippen LogP contribution in [0.5, 0.6) is 5.75 Å². The predicted molar refractivity (Wildman–Crippen MR) is 65.4 cm³/mol. The minimum absolute atomic E-state index is 0.129. The molecule has 0 spiro atoms. The molecular formula is C12H14N2O4. The average molecular weight is 250 g/mol. The Bertz CT molecular complexity index is 440. The Morgan fingerprint density at radius 2 is 2.00 bits per heavy atom. The Balaban J connectivity index is 2.49. The maximum Gasteiger partial charge on any atom is 0.343 e. The SMILES string of the molecule is COC(=O)COc1ccc(C=NNC(C)=O)cc1. The van der Waals surface area contributed by atoms with E-state index in [9.17, 15) is 9.59 Å². The molecule has 0 aliphatic carbocycles. The molecule has 96 valence electrons. The summed E-state index contributed by atoms with van der Waals surface area (Å²) in [5.41, 5.74) is 3.09. The zero-order valence-corrected chi connectivity index (χ0v) is 10.2. The molecule has 0 unspecified atom stereocenters. The van der Waals surface area contributed by atoms with Crippen molar-refractivity contribution in [1.82, 2.24) is 5.43 Å². The molecule has 0 bridgehead atoms. The van der Waals surface area contributed by atoms with Crippen molar-refractivity contribution < 1.29 is 19.1 Å². The molecule has 18 heavy (non-hydrogen) atoms. The summed E-state index contributed by atoms with van der Waals surface area (Å²) in [5.74, 6) is -0.118. The van der Waals surface area contributed by atoms with Gasteiger partial charge in [-0.05, 0) is 29.8 Å². The van der Waals surface area contributed by atoms with Gasteiger partial charge < -0.3 is 9.47 Å². The van der Waals surface area contributed by atoms with Crippen molar-refractivity contribution in [3.63, 3.8) is 0 Å². The Kier molecular flexibility index (Phi) is 5.37. The second-order valence-corrected chi connectivity index (χ2v) is 3.36. The first kappa shape index (κ1) is 13.7. The van der Waals surface area contributed by atoms with Crippen molar-refractivity contribution in [3.8, 4) is 5.75 Å². The monoisotopic (exact) mass is 250 g/mol. The Labute approximate surface area is 105 Å². The third-order valence-corrected chi connectivity index (χ3v) is 1.90. The molecule has 1 aromatic rings. The number of hydrogen-bond acceptors (Lipinski definition) is 5. The van der Waals surface area contributed by atoms with Crippen LogP contribution in [0, 0.1) is 0 Å². The molecule has 0 radical (unpaired) electrons. The lowest BCUT2D eigenvalue weighted by Gasteiger charge is -2.04. The Hall–Kier alpha value is -2.37. The number of carbonyl (C=O) groups is 2. The number of rotatable bonds is 5. The third-order valence-electron chi connectivity index (χ3n) is 1.90. The summed E-state index contributed by atoms with van der Waals surface area (Å²) >= 11 is 0. The molecule has 0 saturated heterocycles. The summed E-state index contributed by atoms with van der Waals surface area (Å²) in [6.07, 6.45) is 1.51. The molecule has 0 heterocycles. The largest absolute Gasteiger partial charge is 0.482 e. The third kappa shape index (κ3) is 5.11. The highest BCUT2D eigenvalue weighted by Gasteiger charge is 2.01. The highest BCUT2D eigenvalue weighted by Crippen LogP contribution is 2.10. The second-order valence-electron chi connectivity index (χ2n) is 3.36. The number of nitrogens with one attached hydrogen (secondary N) is 1. The first-order valence-electron chi connectivity index (χ1n) is 5.21. The van der Waals surface area contributed by atoms with Gasteiger partial charge in [0.05, 0.1) is 13.3 Å². The minimum atomic E-state index is -0.439. The number of nitrogens with zero attached hydrogens (tertiary/aromatic N) is 1. The van der Waals surface area contributed by atoms with Crippen molar-refractivity contribution in [3.05, 3.63) is 29.8 Å². The first-order valence-corrected chi connectivity index (χ1v) is 5.21. The summed E-state index contributed by atoms with van der Waals surface area (Å²) < 4.78 is 9.61. The van der Waals surface area contributed by atoms with Crippen molar-refractivity contribution in [2.75, 3.05) is 13.7 Å². The van der Waals surface area contributed by atoms with Gasteiger partial charge in [0.25, 0.3) is 0 Å². The molecule has 0 aliphatic rings. The maximum atomic E-state index is 10.8. The summed E-state index contributed by atoms with van der Waals surface area (Å²) in [4.78, 5) is 21.4. The van der Waals surface area contributed by atoms with Gasteiger partial charge in [-0.3, -0.25) is 4.79 Å². The van der Waals surface area contributed by atoms with Crippen molar-refractivity contribution in [2.24, 2.45) is 5.10 Å². The highest BCUT2D eigenvalue weighted by molar-refractivity contribution is 5.81. The molecule has 1 amide bonds. The van der Waals surface area contributed by atoms with Crippen LogP contribution < -0.4 is 10.2 Å². The van der Waals surface area contributed by atoms with E-state index in [-0.39, 0.29) is 12.5 Å². The van der Waals surface area contributed by atoms with Gasteiger partial charge in [0.15, 0.2) is 6.61 Å². The van der Waals surface area contributed by atoms with E-state index in [0.29, 0.717) is 5.75 Å². The normalized spacial score (nSPS) is 10.1. The first-order chi connectivity index (χ1) is 8.61. The molecule has 0 atom stereocenters. The molecular weight excluding hydrogens is 236 g/mol. The number of ether oxygens (including phenoxy) is 2. The Morgan fingerprint density at radius 3 is 2.56 bits per heavy atom. The fourth-order valence-electron chi connectivity index (χ4n) is 1.05. The van der Waals surface area contributed by atoms with E-state index in [1.807, 2.05) is 0 Å². The summed E-state index contributed by atoms with van der Waals surface area (Å²) in [6.45, 7) is 1.25. The zero-order chi connectivity index (χ0) is 13.4. The van der Waals surface area contributed by atoms with Gasteiger partial charge in [-0.25, -0.2) is 10.2 Å². The topological polar surface area (TPSA) is 77.0 Å². The van der Waals surface area contributed by atoms with Crippen molar-refractivity contribution >= 4 is 18.1 Å². The molecule has 1 aromatic carbocycles. The summed E-state index contributed by atoms with van der Waals surface area (Å²) in [5, 5.41) is 3.72. The Morgan fingerprint density at radius 1 is 1.33 bits per heavy atom. The van der Waals surface area contributed by atoms with E-state index in [2.05, 4.69) is 15.3 Å². The zero-order valence-electron chi connectivity index (χ0n) is 10.2. The molecule has 6 nitrogen and oxygen atoms in total. The van der Waals surface area contributed by atoms with E-state index in [1.54, 1.807) is 24.3 Å². The van der Waals surface area contributed by atoms with Gasteiger partial charge in [0.2, 0.25) is 5.91 Å². The molecule has 6 heteroatoms. The molecule has 1 N–H and O–H groups in total. The summed E-state index contributed by atoms with van der Waals surface area (Å²) in [6, 6.07) is 6.88. The lowest BCUT2D eigenvalue weighted by atomic mass is 10.2. The van der Waals surface area contributed by atoms with E-state index >= 15 is 0 Å². The smallest absolute Gasteiger partial charge is 0.343 e. The number of esters is 1. The maximum absolute atomic E-state index is 10.8. The molecule has 0 fully saturated rings. The number of amides is 1. The fourth-order valence-corrected chi connectivity index (χ4v) is 1.05. The lowest BCUT2D eigenvalue weighted by Crippen LogP contribution is -2.12. The number of carbonyl (C=O) groups excluding carboxylic acids is 2. The van der Waals surface area contributed by atoms with Crippen LogP contribution in [-0.4, -0.2) is 31.8 Å². The van der Waals surface area contributed by atoms with Gasteiger partial charge in [-0.1, -0.05) is 0 Å². The van der Waals surface area contributed by atoms with Crippen LogP contribution in [0.3, 0.4) is 0 Å². The summed E-state index contributed by atoms with van der Waals surface area (Å²) in [7, 11) is 1.30. The van der Waals surface area contributed by atoms with Gasteiger partial charge in [-0.2, -0.15) is 5.10 Å². The highest BCUT2D eigenvalue weighted by atomic mass is 16.6. The fraction of sp³-hybridized carbons (Fsp3) is 0.250. The van der Waals surface area contributed by atoms with Gasteiger partial charge >= 0.3 is 5.97 Å². The van der Waals surface area contributed by atoms with E-state index in [0.717, 1.165) is 5.56 Å². The number of hydrogen-bond donors (Lipinski definition) is 1.